The summed E-state index contributed by atoms with van der Waals surface area (Å²) in [4.78, 5) is 23.6. The number of amides is 1. The summed E-state index contributed by atoms with van der Waals surface area (Å²) in [5.74, 6) is 2.23. The summed E-state index contributed by atoms with van der Waals surface area (Å²) < 4.78 is 10.4. The lowest BCUT2D eigenvalue weighted by Crippen LogP contribution is -2.38. The van der Waals surface area contributed by atoms with Crippen LogP contribution in [-0.2, 0) is 6.54 Å². The number of piperidine rings is 1. The van der Waals surface area contributed by atoms with E-state index in [1.165, 1.54) is 0 Å². The monoisotopic (exact) mass is 395 g/mol. The molecular weight excluding hydrogens is 370 g/mol. The molecule has 4 rings (SSSR count). The lowest BCUT2D eigenvalue weighted by molar-refractivity contribution is 0.0933. The Labute approximate surface area is 169 Å². The van der Waals surface area contributed by atoms with Crippen molar-refractivity contribution in [1.29, 1.82) is 0 Å². The Bertz CT molecular complexity index is 922. The lowest BCUT2D eigenvalue weighted by atomic mass is 9.96. The summed E-state index contributed by atoms with van der Waals surface area (Å²) in [5, 5.41) is 6.88. The minimum Gasteiger partial charge on any atom is -0.461 e. The van der Waals surface area contributed by atoms with Crippen molar-refractivity contribution in [2.75, 3.05) is 19.6 Å². The van der Waals surface area contributed by atoms with Gasteiger partial charge in [0.1, 0.15) is 11.3 Å². The molecule has 0 aliphatic carbocycles. The van der Waals surface area contributed by atoms with Crippen molar-refractivity contribution in [2.24, 2.45) is 5.92 Å². The van der Waals surface area contributed by atoms with E-state index in [0.717, 1.165) is 38.0 Å². The van der Waals surface area contributed by atoms with Crippen LogP contribution in [0.2, 0.25) is 0 Å². The van der Waals surface area contributed by atoms with Crippen LogP contribution in [0.5, 0.6) is 0 Å². The molecule has 0 atom stereocenters. The average Bonchev–Trinajstić information content (AvgIpc) is 3.38. The number of carbonyl (C=O) groups is 1. The van der Waals surface area contributed by atoms with E-state index in [0.29, 0.717) is 41.1 Å². The van der Waals surface area contributed by atoms with Crippen molar-refractivity contribution in [3.05, 3.63) is 53.4 Å². The first-order valence-corrected chi connectivity index (χ1v) is 9.88. The highest BCUT2D eigenvalue weighted by molar-refractivity contribution is 5.96. The minimum atomic E-state index is -0.0996. The quantitative estimate of drug-likeness (QED) is 0.685. The van der Waals surface area contributed by atoms with Crippen LogP contribution in [0.3, 0.4) is 0 Å². The molecule has 8 nitrogen and oxygen atoms in total. The molecule has 0 bridgehead atoms. The molecule has 1 fully saturated rings. The van der Waals surface area contributed by atoms with Crippen LogP contribution in [0.25, 0.3) is 11.6 Å². The zero-order chi connectivity index (χ0) is 20.2. The fraction of sp³-hybridized carbons (Fsp3) is 0.429. The Hall–Kier alpha value is -3.00. The molecule has 0 unspecified atom stereocenters. The predicted octanol–water partition coefficient (Wildman–Crippen LogP) is 2.98. The maximum atomic E-state index is 12.4. The van der Waals surface area contributed by atoms with Crippen LogP contribution < -0.4 is 5.32 Å². The summed E-state index contributed by atoms with van der Waals surface area (Å²) in [6.07, 6.45) is 7.44. The molecule has 8 heteroatoms. The second-order valence-corrected chi connectivity index (χ2v) is 7.52. The highest BCUT2D eigenvalue weighted by Crippen LogP contribution is 2.20. The fourth-order valence-electron chi connectivity index (χ4n) is 3.71. The highest BCUT2D eigenvalue weighted by atomic mass is 16.5. The molecule has 1 amide bonds. The van der Waals surface area contributed by atoms with Gasteiger partial charge in [0.05, 0.1) is 12.0 Å². The third-order valence-corrected chi connectivity index (χ3v) is 5.37. The number of hydrogen-bond acceptors (Lipinski definition) is 7. The van der Waals surface area contributed by atoms with E-state index in [-0.39, 0.29) is 5.91 Å². The smallest absolute Gasteiger partial charge is 0.256 e. The first-order valence-electron chi connectivity index (χ1n) is 9.88. The van der Waals surface area contributed by atoms with Crippen molar-refractivity contribution < 1.29 is 13.7 Å². The van der Waals surface area contributed by atoms with Gasteiger partial charge in [-0.2, -0.15) is 0 Å². The van der Waals surface area contributed by atoms with Crippen LogP contribution >= 0.6 is 0 Å². The Morgan fingerprint density at radius 2 is 2.00 bits per heavy atom. The molecule has 0 aromatic carbocycles. The van der Waals surface area contributed by atoms with Crippen molar-refractivity contribution in [3.8, 4) is 11.6 Å². The molecule has 152 valence electrons. The van der Waals surface area contributed by atoms with Crippen LogP contribution in [0.1, 0.15) is 40.2 Å². The number of hydrogen-bond donors (Lipinski definition) is 1. The van der Waals surface area contributed by atoms with Crippen LogP contribution in [0, 0.1) is 19.8 Å². The Kier molecular flexibility index (Phi) is 5.71. The van der Waals surface area contributed by atoms with Gasteiger partial charge in [0, 0.05) is 31.0 Å². The van der Waals surface area contributed by atoms with E-state index >= 15 is 0 Å². The van der Waals surface area contributed by atoms with Crippen LogP contribution in [-0.4, -0.2) is 45.6 Å². The van der Waals surface area contributed by atoms with E-state index in [4.69, 9.17) is 8.94 Å². The van der Waals surface area contributed by atoms with Gasteiger partial charge in [0.25, 0.3) is 5.91 Å². The Morgan fingerprint density at radius 3 is 2.62 bits per heavy atom. The number of nitrogens with zero attached hydrogens (tertiary/aromatic N) is 4. The molecule has 1 aliphatic rings. The minimum absolute atomic E-state index is 0.0996. The van der Waals surface area contributed by atoms with Gasteiger partial charge >= 0.3 is 0 Å². The number of nitrogens with one attached hydrogen (secondary N) is 1. The van der Waals surface area contributed by atoms with E-state index < -0.39 is 0 Å². The average molecular weight is 395 g/mol. The number of aromatic nitrogens is 3. The van der Waals surface area contributed by atoms with Gasteiger partial charge in [-0.3, -0.25) is 9.69 Å². The number of carbonyl (C=O) groups excluding carboxylic acids is 1. The second-order valence-electron chi connectivity index (χ2n) is 7.52. The van der Waals surface area contributed by atoms with E-state index in [2.05, 4.69) is 25.3 Å². The van der Waals surface area contributed by atoms with Crippen LogP contribution in [0.15, 0.2) is 39.7 Å². The molecule has 0 saturated carbocycles. The largest absolute Gasteiger partial charge is 0.461 e. The Morgan fingerprint density at radius 1 is 1.24 bits per heavy atom. The van der Waals surface area contributed by atoms with Crippen molar-refractivity contribution >= 4 is 5.91 Å². The molecule has 3 aromatic rings. The molecule has 29 heavy (non-hydrogen) atoms. The van der Waals surface area contributed by atoms with Gasteiger partial charge in [-0.25, -0.2) is 9.97 Å². The second kappa shape index (κ2) is 8.57. The molecule has 3 aromatic heterocycles. The number of aryl methyl sites for hydroxylation is 2. The van der Waals surface area contributed by atoms with Crippen molar-refractivity contribution in [1.82, 2.24) is 25.3 Å². The molecule has 1 N–H and O–H groups in total. The van der Waals surface area contributed by atoms with Gasteiger partial charge in [-0.1, -0.05) is 5.16 Å². The van der Waals surface area contributed by atoms with Gasteiger partial charge in [-0.05, 0) is 57.8 Å². The zero-order valence-electron chi connectivity index (χ0n) is 16.7. The number of rotatable bonds is 6. The maximum absolute atomic E-state index is 12.4. The summed E-state index contributed by atoms with van der Waals surface area (Å²) in [5.41, 5.74) is 2.28. The number of furan rings is 1. The van der Waals surface area contributed by atoms with Crippen molar-refractivity contribution in [2.45, 2.75) is 33.2 Å². The summed E-state index contributed by atoms with van der Waals surface area (Å²) in [6.45, 7) is 7.04. The molecule has 0 spiro atoms. The standard InChI is InChI=1S/C21H25N5O3/c1-14-19(15(2)29-25-14)21(27)24-10-16-5-7-26(8-6-16)13-17-11-22-20(23-12-17)18-4-3-9-28-18/h3-4,9,11-12,16H,5-8,10,13H2,1-2H3,(H,24,27). The summed E-state index contributed by atoms with van der Waals surface area (Å²) in [6, 6.07) is 3.68. The highest BCUT2D eigenvalue weighted by Gasteiger charge is 2.22. The summed E-state index contributed by atoms with van der Waals surface area (Å²) >= 11 is 0. The normalized spacial score (nSPS) is 15.5. The Balaban J connectivity index is 1.23. The third kappa shape index (κ3) is 4.54. The molecule has 1 aliphatic heterocycles. The van der Waals surface area contributed by atoms with Crippen LogP contribution in [0.4, 0.5) is 0 Å². The molecular formula is C21H25N5O3. The van der Waals surface area contributed by atoms with Crippen molar-refractivity contribution in [3.63, 3.8) is 0 Å². The van der Waals surface area contributed by atoms with E-state index in [9.17, 15) is 4.79 Å². The topological polar surface area (TPSA) is 97.3 Å². The first-order chi connectivity index (χ1) is 14.1. The zero-order valence-corrected chi connectivity index (χ0v) is 16.7. The molecule has 1 saturated heterocycles. The maximum Gasteiger partial charge on any atom is 0.256 e. The molecule has 4 heterocycles. The SMILES string of the molecule is Cc1noc(C)c1C(=O)NCC1CCN(Cc2cnc(-c3ccco3)nc2)CC1. The first kappa shape index (κ1) is 19.3. The third-order valence-electron chi connectivity index (χ3n) is 5.37. The predicted molar refractivity (Wildman–Crippen MR) is 106 cm³/mol. The van der Waals surface area contributed by atoms with Gasteiger partial charge in [0.15, 0.2) is 11.6 Å². The summed E-state index contributed by atoms with van der Waals surface area (Å²) in [7, 11) is 0. The van der Waals surface area contributed by atoms with E-state index in [1.54, 1.807) is 20.1 Å². The molecule has 0 radical (unpaired) electrons. The van der Waals surface area contributed by atoms with Gasteiger partial charge < -0.3 is 14.3 Å². The van der Waals surface area contributed by atoms with Gasteiger partial charge in [-0.15, -0.1) is 0 Å². The van der Waals surface area contributed by atoms with E-state index in [1.807, 2.05) is 24.5 Å². The fourth-order valence-corrected chi connectivity index (χ4v) is 3.71. The lowest BCUT2D eigenvalue weighted by Gasteiger charge is -2.31. The number of likely N-dealkylation sites (tertiary alicyclic amines) is 1. The van der Waals surface area contributed by atoms with Gasteiger partial charge in [0.2, 0.25) is 0 Å².